The van der Waals surface area contributed by atoms with Crippen LogP contribution in [0.3, 0.4) is 0 Å². The number of rotatable bonds is 10. The summed E-state index contributed by atoms with van der Waals surface area (Å²) in [6.07, 6.45) is 4.49. The maximum absolute atomic E-state index is 12.1. The van der Waals surface area contributed by atoms with E-state index in [1.165, 1.54) is 5.56 Å². The molecule has 0 spiro atoms. The third-order valence-corrected chi connectivity index (χ3v) is 4.68. The fourth-order valence-corrected chi connectivity index (χ4v) is 3.03. The highest BCUT2D eigenvalue weighted by molar-refractivity contribution is 5.90. The molecule has 3 aromatic rings. The number of nitrogens with two attached hydrogens (primary N) is 1. The Bertz CT molecular complexity index is 910. The Morgan fingerprint density at radius 1 is 1.07 bits per heavy atom. The molecule has 160 valence electrons. The van der Waals surface area contributed by atoms with Crippen molar-refractivity contribution in [3.05, 3.63) is 59.9 Å². The number of aryl methyl sites for hydroxylation is 1. The highest BCUT2D eigenvalue weighted by atomic mass is 35.5. The number of hydrogen-bond acceptors (Lipinski definition) is 5. The van der Waals surface area contributed by atoms with E-state index in [0.29, 0.717) is 24.6 Å². The van der Waals surface area contributed by atoms with Crippen LogP contribution in [-0.2, 0) is 17.8 Å². The van der Waals surface area contributed by atoms with Crippen LogP contribution in [0.4, 0.5) is 5.69 Å². The first-order valence-electron chi connectivity index (χ1n) is 9.82. The van der Waals surface area contributed by atoms with E-state index in [4.69, 9.17) is 10.5 Å². The van der Waals surface area contributed by atoms with E-state index in [1.54, 1.807) is 7.11 Å². The van der Waals surface area contributed by atoms with Crippen LogP contribution in [0.1, 0.15) is 37.1 Å². The van der Waals surface area contributed by atoms with Gasteiger partial charge in [-0.1, -0.05) is 18.6 Å². The molecule has 0 radical (unpaired) electrons. The molecular formula is C22H28ClN5O2. The Morgan fingerprint density at radius 2 is 1.80 bits per heavy atom. The van der Waals surface area contributed by atoms with Crippen molar-refractivity contribution >= 4 is 24.0 Å². The topological polar surface area (TPSA) is 106 Å². The van der Waals surface area contributed by atoms with E-state index in [-0.39, 0.29) is 18.3 Å². The van der Waals surface area contributed by atoms with Crippen molar-refractivity contribution in [1.29, 1.82) is 0 Å². The third-order valence-electron chi connectivity index (χ3n) is 4.68. The minimum absolute atomic E-state index is 0. The van der Waals surface area contributed by atoms with Crippen LogP contribution in [0.5, 0.6) is 5.75 Å². The highest BCUT2D eigenvalue weighted by Crippen LogP contribution is 2.18. The van der Waals surface area contributed by atoms with Gasteiger partial charge in [-0.2, -0.15) is 5.10 Å². The van der Waals surface area contributed by atoms with Crippen LogP contribution in [0.25, 0.3) is 11.4 Å². The summed E-state index contributed by atoms with van der Waals surface area (Å²) in [7, 11) is 1.67. The summed E-state index contributed by atoms with van der Waals surface area (Å²) in [5, 5.41) is 9.85. The molecule has 0 atom stereocenters. The lowest BCUT2D eigenvalue weighted by Crippen LogP contribution is -2.10. The third kappa shape index (κ3) is 6.86. The van der Waals surface area contributed by atoms with Gasteiger partial charge in [-0.15, -0.1) is 12.4 Å². The van der Waals surface area contributed by atoms with Crippen LogP contribution >= 0.6 is 12.4 Å². The summed E-state index contributed by atoms with van der Waals surface area (Å²) >= 11 is 0. The van der Waals surface area contributed by atoms with Crippen LogP contribution in [-0.4, -0.2) is 28.2 Å². The number of anilines is 1. The van der Waals surface area contributed by atoms with E-state index in [2.05, 4.69) is 32.6 Å². The van der Waals surface area contributed by atoms with E-state index >= 15 is 0 Å². The Hall–Kier alpha value is -2.90. The summed E-state index contributed by atoms with van der Waals surface area (Å²) in [4.78, 5) is 16.4. The molecule has 0 fully saturated rings. The SMILES string of the molecule is COc1ccc(CCCCCC(=O)Nc2ccc(-c3n[nH]c(CN)n3)cc2)cc1.Cl. The Balaban J connectivity index is 0.00000320. The van der Waals surface area contributed by atoms with Crippen molar-refractivity contribution in [2.45, 2.75) is 38.6 Å². The fraction of sp³-hybridized carbons (Fsp3) is 0.318. The minimum atomic E-state index is 0. The number of H-pyrrole nitrogens is 1. The van der Waals surface area contributed by atoms with E-state index < -0.39 is 0 Å². The number of nitrogens with zero attached hydrogens (tertiary/aromatic N) is 2. The summed E-state index contributed by atoms with van der Waals surface area (Å²) in [5.41, 5.74) is 8.47. The number of unbranched alkanes of at least 4 members (excludes halogenated alkanes) is 2. The fourth-order valence-electron chi connectivity index (χ4n) is 3.03. The van der Waals surface area contributed by atoms with Gasteiger partial charge in [0.25, 0.3) is 0 Å². The van der Waals surface area contributed by atoms with Gasteiger partial charge < -0.3 is 15.8 Å². The second-order valence-corrected chi connectivity index (χ2v) is 6.84. The van der Waals surface area contributed by atoms with E-state index in [9.17, 15) is 4.79 Å². The standard InChI is InChI=1S/C22H27N5O2.ClH/c1-29-19-13-7-16(8-14-19)5-3-2-4-6-21(28)24-18-11-9-17(10-12-18)22-25-20(15-23)26-27-22;/h7-14H,2-6,15,23H2,1H3,(H,24,28)(H,25,26,27);1H. The molecule has 0 saturated carbocycles. The van der Waals surface area contributed by atoms with Gasteiger partial charge in [0, 0.05) is 17.7 Å². The van der Waals surface area contributed by atoms with Crippen LogP contribution in [0.15, 0.2) is 48.5 Å². The number of nitrogens with one attached hydrogen (secondary N) is 2. The van der Waals surface area contributed by atoms with Gasteiger partial charge in [0.2, 0.25) is 5.91 Å². The molecule has 0 aliphatic carbocycles. The molecular weight excluding hydrogens is 402 g/mol. The van der Waals surface area contributed by atoms with E-state index in [1.807, 2.05) is 36.4 Å². The predicted molar refractivity (Wildman–Crippen MR) is 121 cm³/mol. The lowest BCUT2D eigenvalue weighted by Gasteiger charge is -2.06. The minimum Gasteiger partial charge on any atom is -0.497 e. The van der Waals surface area contributed by atoms with Crippen molar-refractivity contribution in [2.75, 3.05) is 12.4 Å². The second-order valence-electron chi connectivity index (χ2n) is 6.84. The number of ether oxygens (including phenoxy) is 1. The Kier molecular flexibility index (Phi) is 9.31. The molecule has 2 aromatic carbocycles. The van der Waals surface area contributed by atoms with Gasteiger partial charge in [-0.25, -0.2) is 4.98 Å². The second kappa shape index (κ2) is 11.9. The van der Waals surface area contributed by atoms with Crippen molar-refractivity contribution in [3.63, 3.8) is 0 Å². The van der Waals surface area contributed by atoms with Crippen molar-refractivity contribution < 1.29 is 9.53 Å². The molecule has 3 rings (SSSR count). The molecule has 0 aliphatic rings. The number of amides is 1. The first-order valence-corrected chi connectivity index (χ1v) is 9.82. The molecule has 0 bridgehead atoms. The predicted octanol–water partition coefficient (Wildman–Crippen LogP) is 4.10. The molecule has 0 unspecified atom stereocenters. The summed E-state index contributed by atoms with van der Waals surface area (Å²) < 4.78 is 5.17. The van der Waals surface area contributed by atoms with Crippen LogP contribution < -0.4 is 15.8 Å². The molecule has 7 nitrogen and oxygen atoms in total. The zero-order valence-electron chi connectivity index (χ0n) is 17.1. The molecule has 8 heteroatoms. The van der Waals surface area contributed by atoms with E-state index in [0.717, 1.165) is 42.7 Å². The Labute approximate surface area is 182 Å². The number of benzene rings is 2. The average Bonchev–Trinajstić information content (AvgIpc) is 3.24. The van der Waals surface area contributed by atoms with Crippen LogP contribution in [0.2, 0.25) is 0 Å². The smallest absolute Gasteiger partial charge is 0.224 e. The quantitative estimate of drug-likeness (QED) is 0.420. The number of carbonyl (C=O) groups is 1. The van der Waals surface area contributed by atoms with Crippen molar-refractivity contribution in [2.24, 2.45) is 5.73 Å². The zero-order chi connectivity index (χ0) is 20.5. The van der Waals surface area contributed by atoms with Crippen molar-refractivity contribution in [3.8, 4) is 17.1 Å². The molecule has 1 amide bonds. The summed E-state index contributed by atoms with van der Waals surface area (Å²) in [5.74, 6) is 2.15. The normalized spacial score (nSPS) is 10.3. The molecule has 1 aromatic heterocycles. The lowest BCUT2D eigenvalue weighted by atomic mass is 10.1. The molecule has 1 heterocycles. The number of aromatic nitrogens is 3. The number of aromatic amines is 1. The number of carbonyl (C=O) groups excluding carboxylic acids is 1. The zero-order valence-corrected chi connectivity index (χ0v) is 17.9. The lowest BCUT2D eigenvalue weighted by molar-refractivity contribution is -0.116. The van der Waals surface area contributed by atoms with Gasteiger partial charge in [0.05, 0.1) is 13.7 Å². The first-order chi connectivity index (χ1) is 14.2. The summed E-state index contributed by atoms with van der Waals surface area (Å²) in [6, 6.07) is 15.6. The molecule has 30 heavy (non-hydrogen) atoms. The van der Waals surface area contributed by atoms with Crippen LogP contribution in [0, 0.1) is 0 Å². The summed E-state index contributed by atoms with van der Waals surface area (Å²) in [6.45, 7) is 0.321. The van der Waals surface area contributed by atoms with Crippen molar-refractivity contribution in [1.82, 2.24) is 15.2 Å². The number of hydrogen-bond donors (Lipinski definition) is 3. The number of methoxy groups -OCH3 is 1. The Morgan fingerprint density at radius 3 is 2.43 bits per heavy atom. The van der Waals surface area contributed by atoms with Gasteiger partial charge in [0.15, 0.2) is 5.82 Å². The largest absolute Gasteiger partial charge is 0.497 e. The molecule has 0 saturated heterocycles. The molecule has 4 N–H and O–H groups in total. The average molecular weight is 430 g/mol. The van der Waals surface area contributed by atoms with Gasteiger partial charge in [-0.05, 0) is 61.2 Å². The highest BCUT2D eigenvalue weighted by Gasteiger charge is 2.06. The maximum atomic E-state index is 12.1. The number of halogens is 1. The monoisotopic (exact) mass is 429 g/mol. The molecule has 0 aliphatic heterocycles. The van der Waals surface area contributed by atoms with Gasteiger partial charge in [0.1, 0.15) is 11.6 Å². The first kappa shape index (κ1) is 23.4. The maximum Gasteiger partial charge on any atom is 0.224 e. The van der Waals surface area contributed by atoms with Gasteiger partial charge >= 0.3 is 0 Å². The van der Waals surface area contributed by atoms with Gasteiger partial charge in [-0.3, -0.25) is 9.89 Å².